The van der Waals surface area contributed by atoms with Crippen molar-refractivity contribution in [1.82, 2.24) is 25.0 Å². The molecule has 3 rings (SSSR count). The molecule has 1 atom stereocenters. The van der Waals surface area contributed by atoms with Gasteiger partial charge >= 0.3 is 6.03 Å². The Hall–Kier alpha value is -3.22. The van der Waals surface area contributed by atoms with E-state index < -0.39 is 0 Å². The van der Waals surface area contributed by atoms with Gasteiger partial charge in [-0.1, -0.05) is 24.3 Å². The van der Waals surface area contributed by atoms with E-state index in [4.69, 9.17) is 0 Å². The third kappa shape index (κ3) is 4.69. The van der Waals surface area contributed by atoms with Gasteiger partial charge in [0, 0.05) is 13.1 Å². The Morgan fingerprint density at radius 2 is 2.04 bits per heavy atom. The first kappa shape index (κ1) is 18.6. The molecule has 0 aliphatic carbocycles. The van der Waals surface area contributed by atoms with E-state index in [1.165, 1.54) is 18.5 Å². The highest BCUT2D eigenvalue weighted by atomic mass is 19.1. The van der Waals surface area contributed by atoms with Gasteiger partial charge in [0.2, 0.25) is 0 Å². The van der Waals surface area contributed by atoms with Crippen LogP contribution >= 0.6 is 0 Å². The minimum atomic E-state index is -0.301. The number of nitrogens with zero attached hydrogens (tertiary/aromatic N) is 4. The van der Waals surface area contributed by atoms with Crippen molar-refractivity contribution in [3.63, 3.8) is 0 Å². The molecule has 0 fully saturated rings. The van der Waals surface area contributed by atoms with Gasteiger partial charge in [-0.15, -0.1) is 0 Å². The number of amides is 2. The Balaban J connectivity index is 1.63. The van der Waals surface area contributed by atoms with Gasteiger partial charge < -0.3 is 10.2 Å². The number of aromatic nitrogens is 3. The predicted octanol–water partition coefficient (Wildman–Crippen LogP) is 3.70. The first-order valence-electron chi connectivity index (χ1n) is 8.81. The zero-order chi connectivity index (χ0) is 19.2. The molecule has 2 aromatic carbocycles. The summed E-state index contributed by atoms with van der Waals surface area (Å²) in [5, 5.41) is 7.09. The van der Waals surface area contributed by atoms with E-state index in [0.29, 0.717) is 13.1 Å². The maximum absolute atomic E-state index is 13.4. The number of benzene rings is 2. The van der Waals surface area contributed by atoms with Crippen LogP contribution in [0.4, 0.5) is 9.18 Å². The van der Waals surface area contributed by atoms with Crippen LogP contribution < -0.4 is 5.32 Å². The van der Waals surface area contributed by atoms with E-state index in [-0.39, 0.29) is 17.9 Å². The summed E-state index contributed by atoms with van der Waals surface area (Å²) < 4.78 is 15.0. The third-order valence-electron chi connectivity index (χ3n) is 4.35. The lowest BCUT2D eigenvalue weighted by molar-refractivity contribution is 0.194. The topological polar surface area (TPSA) is 63.1 Å². The minimum absolute atomic E-state index is 0.163. The summed E-state index contributed by atoms with van der Waals surface area (Å²) in [4.78, 5) is 18.2. The molecular formula is C20H22FN5O. The summed E-state index contributed by atoms with van der Waals surface area (Å²) in [6, 6.07) is 13.7. The summed E-state index contributed by atoms with van der Waals surface area (Å²) in [7, 11) is 0. The first-order chi connectivity index (χ1) is 13.1. The second kappa shape index (κ2) is 8.44. The highest BCUT2D eigenvalue weighted by molar-refractivity contribution is 5.74. The molecule has 0 bridgehead atoms. The standard InChI is InChI=1S/C20H22FN5O/c1-3-25(12-16-5-4-6-18(21)11-16)20(27)24-15(2)17-7-9-19(10-8-17)26-14-22-13-23-26/h4-11,13-15H,3,12H2,1-2H3,(H,24,27). The molecule has 0 spiro atoms. The Morgan fingerprint density at radius 3 is 2.67 bits per heavy atom. The lowest BCUT2D eigenvalue weighted by Crippen LogP contribution is -2.40. The Morgan fingerprint density at radius 1 is 1.26 bits per heavy atom. The van der Waals surface area contributed by atoms with Crippen LogP contribution in [0.5, 0.6) is 0 Å². The van der Waals surface area contributed by atoms with Gasteiger partial charge in [0.1, 0.15) is 18.5 Å². The SMILES string of the molecule is CCN(Cc1cccc(F)c1)C(=O)NC(C)c1ccc(-n2cncn2)cc1. The molecule has 3 aromatic rings. The van der Waals surface area contributed by atoms with Gasteiger partial charge in [0.15, 0.2) is 0 Å². The zero-order valence-corrected chi connectivity index (χ0v) is 15.3. The summed E-state index contributed by atoms with van der Waals surface area (Å²) in [6.45, 7) is 4.72. The molecule has 0 radical (unpaired) electrons. The molecule has 1 N–H and O–H groups in total. The van der Waals surface area contributed by atoms with Crippen LogP contribution in [-0.4, -0.2) is 32.2 Å². The summed E-state index contributed by atoms with van der Waals surface area (Å²) in [6.07, 6.45) is 3.11. The highest BCUT2D eigenvalue weighted by Crippen LogP contribution is 2.16. The number of rotatable bonds is 6. The van der Waals surface area contributed by atoms with Crippen LogP contribution in [0.1, 0.15) is 31.0 Å². The molecule has 0 aliphatic heterocycles. The van der Waals surface area contributed by atoms with E-state index in [0.717, 1.165) is 16.8 Å². The molecule has 7 heteroatoms. The largest absolute Gasteiger partial charge is 0.331 e. The minimum Gasteiger partial charge on any atom is -0.331 e. The molecular weight excluding hydrogens is 345 g/mol. The van der Waals surface area contributed by atoms with Gasteiger partial charge in [0.05, 0.1) is 11.7 Å². The van der Waals surface area contributed by atoms with Crippen LogP contribution in [-0.2, 0) is 6.54 Å². The average Bonchev–Trinajstić information content (AvgIpc) is 3.21. The van der Waals surface area contributed by atoms with Gasteiger partial charge in [0.25, 0.3) is 0 Å². The summed E-state index contributed by atoms with van der Waals surface area (Å²) >= 11 is 0. The lowest BCUT2D eigenvalue weighted by Gasteiger charge is -2.24. The average molecular weight is 367 g/mol. The maximum Gasteiger partial charge on any atom is 0.318 e. The van der Waals surface area contributed by atoms with Crippen molar-refractivity contribution in [2.45, 2.75) is 26.4 Å². The second-order valence-corrected chi connectivity index (χ2v) is 6.25. The van der Waals surface area contributed by atoms with Crippen LogP contribution in [0.3, 0.4) is 0 Å². The predicted molar refractivity (Wildman–Crippen MR) is 101 cm³/mol. The molecule has 27 heavy (non-hydrogen) atoms. The zero-order valence-electron chi connectivity index (χ0n) is 15.3. The van der Waals surface area contributed by atoms with Crippen LogP contribution in [0.25, 0.3) is 5.69 Å². The van der Waals surface area contributed by atoms with Crippen LogP contribution in [0.15, 0.2) is 61.2 Å². The molecule has 140 valence electrons. The fourth-order valence-electron chi connectivity index (χ4n) is 2.80. The lowest BCUT2D eigenvalue weighted by atomic mass is 10.1. The smallest absolute Gasteiger partial charge is 0.318 e. The summed E-state index contributed by atoms with van der Waals surface area (Å²) in [5.41, 5.74) is 2.64. The second-order valence-electron chi connectivity index (χ2n) is 6.25. The van der Waals surface area contributed by atoms with E-state index >= 15 is 0 Å². The van der Waals surface area contributed by atoms with E-state index in [9.17, 15) is 9.18 Å². The van der Waals surface area contributed by atoms with Crippen molar-refractivity contribution in [1.29, 1.82) is 0 Å². The van der Waals surface area contributed by atoms with Gasteiger partial charge in [-0.25, -0.2) is 18.9 Å². The fourth-order valence-corrected chi connectivity index (χ4v) is 2.80. The normalized spacial score (nSPS) is 11.8. The van der Waals surface area contributed by atoms with Crippen molar-refractivity contribution >= 4 is 6.03 Å². The molecule has 6 nitrogen and oxygen atoms in total. The monoisotopic (exact) mass is 367 g/mol. The van der Waals surface area contributed by atoms with Crippen LogP contribution in [0, 0.1) is 5.82 Å². The number of urea groups is 1. The molecule has 0 saturated heterocycles. The van der Waals surface area contributed by atoms with Gasteiger partial charge in [-0.2, -0.15) is 5.10 Å². The van der Waals surface area contributed by atoms with Crippen LogP contribution in [0.2, 0.25) is 0 Å². The number of carbonyl (C=O) groups is 1. The number of hydrogen-bond donors (Lipinski definition) is 1. The quantitative estimate of drug-likeness (QED) is 0.723. The first-order valence-corrected chi connectivity index (χ1v) is 8.81. The van der Waals surface area contributed by atoms with Gasteiger partial charge in [-0.05, 0) is 49.2 Å². The number of halogens is 1. The van der Waals surface area contributed by atoms with Gasteiger partial charge in [-0.3, -0.25) is 0 Å². The number of carbonyl (C=O) groups excluding carboxylic acids is 1. The molecule has 1 aromatic heterocycles. The molecule has 1 unspecified atom stereocenters. The molecule has 0 saturated carbocycles. The Kier molecular flexibility index (Phi) is 5.80. The highest BCUT2D eigenvalue weighted by Gasteiger charge is 2.16. The van der Waals surface area contributed by atoms with Crippen molar-refractivity contribution < 1.29 is 9.18 Å². The fraction of sp³-hybridized carbons (Fsp3) is 0.250. The molecule has 1 heterocycles. The maximum atomic E-state index is 13.4. The van der Waals surface area contributed by atoms with E-state index in [1.54, 1.807) is 22.0 Å². The molecule has 2 amide bonds. The van der Waals surface area contributed by atoms with Crippen molar-refractivity contribution in [2.75, 3.05) is 6.54 Å². The Labute approximate surface area is 157 Å². The van der Waals surface area contributed by atoms with E-state index in [1.807, 2.05) is 44.2 Å². The van der Waals surface area contributed by atoms with Crippen molar-refractivity contribution in [2.24, 2.45) is 0 Å². The third-order valence-corrected chi connectivity index (χ3v) is 4.35. The summed E-state index contributed by atoms with van der Waals surface area (Å²) in [5.74, 6) is -0.301. The Bertz CT molecular complexity index is 880. The van der Waals surface area contributed by atoms with Crippen molar-refractivity contribution in [3.8, 4) is 5.69 Å². The number of nitrogens with one attached hydrogen (secondary N) is 1. The van der Waals surface area contributed by atoms with E-state index in [2.05, 4.69) is 15.4 Å². The van der Waals surface area contributed by atoms with Crippen molar-refractivity contribution in [3.05, 3.63) is 78.1 Å². The number of hydrogen-bond acceptors (Lipinski definition) is 3. The molecule has 0 aliphatic rings.